The highest BCUT2D eigenvalue weighted by molar-refractivity contribution is 5.86. The maximum Gasteiger partial charge on any atom is 0.302 e. The van der Waals surface area contributed by atoms with E-state index in [-0.39, 0.29) is 5.91 Å². The molecule has 0 saturated heterocycles. The van der Waals surface area contributed by atoms with Gasteiger partial charge in [-0.2, -0.15) is 0 Å². The van der Waals surface area contributed by atoms with Crippen molar-refractivity contribution in [2.75, 3.05) is 19.5 Å². The van der Waals surface area contributed by atoms with Gasteiger partial charge in [0.2, 0.25) is 11.2 Å². The van der Waals surface area contributed by atoms with Gasteiger partial charge in [-0.25, -0.2) is 0 Å². The summed E-state index contributed by atoms with van der Waals surface area (Å²) in [5, 5.41) is 6.36. The molecule has 2 aromatic rings. The van der Waals surface area contributed by atoms with Crippen molar-refractivity contribution in [3.63, 3.8) is 0 Å². The number of hydrogen-bond donors (Lipinski definition) is 1. The van der Waals surface area contributed by atoms with Crippen molar-refractivity contribution >= 4 is 11.8 Å². The quantitative estimate of drug-likeness (QED) is 0.809. The molecule has 0 fully saturated rings. The van der Waals surface area contributed by atoms with Crippen LogP contribution < -0.4 is 19.5 Å². The zero-order chi connectivity index (χ0) is 15.2. The molecule has 0 atom stereocenters. The molecule has 0 aliphatic carbocycles. The molecule has 0 radical (unpaired) electrons. The van der Waals surface area contributed by atoms with Crippen molar-refractivity contribution in [2.45, 2.75) is 19.9 Å². The molecule has 1 aromatic heterocycles. The van der Waals surface area contributed by atoms with Gasteiger partial charge in [0.15, 0.2) is 18.0 Å². The highest BCUT2D eigenvalue weighted by atomic mass is 16.5. The number of nitrogens with zero attached hydrogens (tertiary/aromatic N) is 2. The van der Waals surface area contributed by atoms with E-state index in [1.165, 1.54) is 6.92 Å². The minimum Gasteiger partial charge on any atom is -0.493 e. The number of amides is 1. The van der Waals surface area contributed by atoms with Crippen LogP contribution in [0, 0.1) is 0 Å². The van der Waals surface area contributed by atoms with E-state index in [9.17, 15) is 4.79 Å². The average molecular weight is 292 g/mol. The normalized spacial score (nSPS) is 10.2. The average Bonchev–Trinajstić information content (AvgIpc) is 2.91. The molecule has 7 heteroatoms. The van der Waals surface area contributed by atoms with Crippen LogP contribution in [0.5, 0.6) is 11.5 Å². The number of ether oxygens (including phenoxy) is 2. The maximum absolute atomic E-state index is 10.9. The summed E-state index contributed by atoms with van der Waals surface area (Å²) >= 11 is 0. The molecule has 0 bridgehead atoms. The predicted molar refractivity (Wildman–Crippen MR) is 74.3 cm³/mol. The van der Waals surface area contributed by atoms with Crippen LogP contribution in [0.1, 0.15) is 12.5 Å². The summed E-state index contributed by atoms with van der Waals surface area (Å²) < 4.78 is 17.1. The van der Waals surface area contributed by atoms with E-state index < -0.39 is 0 Å². The number of methoxy groups -OCH3 is 2. The Labute approximate surface area is 122 Å². The zero-order valence-corrected chi connectivity index (χ0v) is 12.3. The molecule has 0 saturated carbocycles. The fourth-order valence-corrected chi connectivity index (χ4v) is 1.89. The van der Waals surface area contributed by atoms with E-state index >= 15 is 0 Å². The van der Waals surface area contributed by atoms with Crippen molar-refractivity contribution in [3.8, 4) is 11.5 Å². The van der Waals surface area contributed by atoms with Crippen molar-refractivity contribution < 1.29 is 23.5 Å². The molecule has 0 aliphatic heterocycles. The van der Waals surface area contributed by atoms with Crippen LogP contribution >= 0.6 is 0 Å². The molecule has 1 amide bonds. The van der Waals surface area contributed by atoms with Gasteiger partial charge in [0.05, 0.1) is 14.2 Å². The van der Waals surface area contributed by atoms with Gasteiger partial charge in [-0.1, -0.05) is 10.7 Å². The van der Waals surface area contributed by atoms with E-state index in [1.807, 2.05) is 18.2 Å². The third kappa shape index (κ3) is 3.95. The molecule has 0 unspecified atom stereocenters. The second-order valence-corrected chi connectivity index (χ2v) is 4.45. The summed E-state index contributed by atoms with van der Waals surface area (Å²) in [6, 6.07) is 5.76. The van der Waals surface area contributed by atoms with Gasteiger partial charge >= 0.3 is 5.88 Å². The summed E-state index contributed by atoms with van der Waals surface area (Å²) in [7, 11) is 3.21. The Hall–Kier alpha value is -2.57. The molecule has 0 spiro atoms. The summed E-state index contributed by atoms with van der Waals surface area (Å²) in [6.07, 6.45) is 2.39. The summed E-state index contributed by atoms with van der Waals surface area (Å²) in [5.41, 5.74) is 1.09. The number of hydrogen-bond acceptors (Lipinski definition) is 5. The van der Waals surface area contributed by atoms with Gasteiger partial charge in [0.1, 0.15) is 0 Å². The molecule has 7 nitrogen and oxygen atoms in total. The molecule has 1 N–H and O–H groups in total. The minimum absolute atomic E-state index is 0.196. The number of benzene rings is 1. The number of rotatable bonds is 6. The van der Waals surface area contributed by atoms with Crippen molar-refractivity contribution in [1.29, 1.82) is 0 Å². The van der Waals surface area contributed by atoms with Crippen LogP contribution in [0.2, 0.25) is 0 Å². The highest BCUT2D eigenvalue weighted by Crippen LogP contribution is 2.27. The molecule has 1 heterocycles. The Morgan fingerprint density at radius 3 is 2.76 bits per heavy atom. The number of carbonyl (C=O) groups excluding carboxylic acids is 1. The van der Waals surface area contributed by atoms with Gasteiger partial charge in [0, 0.05) is 13.3 Å². The smallest absolute Gasteiger partial charge is 0.302 e. The number of aryl methyl sites for hydroxylation is 2. The number of anilines is 1. The van der Waals surface area contributed by atoms with E-state index in [4.69, 9.17) is 14.0 Å². The van der Waals surface area contributed by atoms with E-state index in [1.54, 1.807) is 25.1 Å². The van der Waals surface area contributed by atoms with Crippen LogP contribution in [-0.2, 0) is 17.8 Å². The Kier molecular flexibility index (Phi) is 4.76. The van der Waals surface area contributed by atoms with Crippen LogP contribution in [0.25, 0.3) is 0 Å². The second kappa shape index (κ2) is 6.74. The lowest BCUT2D eigenvalue weighted by Crippen LogP contribution is -2.35. The second-order valence-electron chi connectivity index (χ2n) is 4.45. The predicted octanol–water partition coefficient (Wildman–Crippen LogP) is 1.18. The zero-order valence-electron chi connectivity index (χ0n) is 12.3. The van der Waals surface area contributed by atoms with Crippen molar-refractivity contribution in [1.82, 2.24) is 5.27 Å². The maximum atomic E-state index is 10.9. The molecule has 21 heavy (non-hydrogen) atoms. The third-order valence-electron chi connectivity index (χ3n) is 2.89. The van der Waals surface area contributed by atoms with Crippen LogP contribution in [0.3, 0.4) is 0 Å². The lowest BCUT2D eigenvalue weighted by Gasteiger charge is -2.08. The Morgan fingerprint density at radius 1 is 1.33 bits per heavy atom. The number of aromatic nitrogens is 2. The molecular formula is C14H18N3O4+. The highest BCUT2D eigenvalue weighted by Gasteiger charge is 2.13. The van der Waals surface area contributed by atoms with Crippen molar-refractivity contribution in [3.05, 3.63) is 30.0 Å². The van der Waals surface area contributed by atoms with Gasteiger partial charge in [0.25, 0.3) is 6.20 Å². The lowest BCUT2D eigenvalue weighted by molar-refractivity contribution is -0.761. The fraction of sp³-hybridized carbons (Fsp3) is 0.357. The first-order valence-corrected chi connectivity index (χ1v) is 6.47. The van der Waals surface area contributed by atoms with Crippen LogP contribution in [0.4, 0.5) is 5.88 Å². The van der Waals surface area contributed by atoms with Gasteiger partial charge in [-0.05, 0) is 17.7 Å². The topological polar surface area (TPSA) is 77.5 Å². The lowest BCUT2D eigenvalue weighted by atomic mass is 10.1. The van der Waals surface area contributed by atoms with Gasteiger partial charge in [-0.15, -0.1) is 0 Å². The van der Waals surface area contributed by atoms with Gasteiger partial charge < -0.3 is 9.47 Å². The molecule has 2 rings (SSSR count). The Morgan fingerprint density at radius 2 is 2.10 bits per heavy atom. The van der Waals surface area contributed by atoms with Gasteiger partial charge in [-0.3, -0.25) is 14.6 Å². The Bertz CT molecular complexity index is 624. The van der Waals surface area contributed by atoms with E-state index in [0.29, 0.717) is 23.9 Å². The van der Waals surface area contributed by atoms with E-state index in [2.05, 4.69) is 10.6 Å². The summed E-state index contributed by atoms with van der Waals surface area (Å²) in [5.74, 6) is 1.52. The largest absolute Gasteiger partial charge is 0.493 e. The Balaban J connectivity index is 1.99. The summed E-state index contributed by atoms with van der Waals surface area (Å²) in [4.78, 5) is 10.9. The van der Waals surface area contributed by atoms with Crippen LogP contribution in [0.15, 0.2) is 28.9 Å². The SMILES string of the molecule is COc1ccc(CC[n+]2cc(NC(C)=O)on2)cc1OC. The first kappa shape index (κ1) is 14.8. The number of nitrogens with one attached hydrogen (secondary N) is 1. The molecular weight excluding hydrogens is 274 g/mol. The molecule has 1 aromatic carbocycles. The number of carbonyl (C=O) groups is 1. The fourth-order valence-electron chi connectivity index (χ4n) is 1.89. The first-order chi connectivity index (χ1) is 10.1. The molecule has 112 valence electrons. The standard InChI is InChI=1S/C14H17N3O4/c1-10(18)15-14-9-17(16-21-14)7-6-11-4-5-12(19-2)13(8-11)20-3/h4-5,8-9H,6-7H2,1-3H3/p+1. The monoisotopic (exact) mass is 292 g/mol. The molecule has 0 aliphatic rings. The first-order valence-electron chi connectivity index (χ1n) is 6.47. The van der Waals surface area contributed by atoms with Crippen molar-refractivity contribution in [2.24, 2.45) is 0 Å². The summed E-state index contributed by atoms with van der Waals surface area (Å²) in [6.45, 7) is 2.04. The third-order valence-corrected chi connectivity index (χ3v) is 2.89. The minimum atomic E-state index is -0.196. The van der Waals surface area contributed by atoms with Crippen LogP contribution in [-0.4, -0.2) is 25.4 Å². The van der Waals surface area contributed by atoms with E-state index in [0.717, 1.165) is 12.0 Å².